The lowest BCUT2D eigenvalue weighted by molar-refractivity contribution is -0.124. The van der Waals surface area contributed by atoms with Gasteiger partial charge in [0.25, 0.3) is 5.91 Å². The Balaban J connectivity index is 1.68. The van der Waals surface area contributed by atoms with Gasteiger partial charge in [-0.3, -0.25) is 4.79 Å². The van der Waals surface area contributed by atoms with E-state index in [-0.39, 0.29) is 5.91 Å². The molecule has 2 N–H and O–H groups in total. The quantitative estimate of drug-likeness (QED) is 0.459. The maximum atomic E-state index is 12.4. The smallest absolute Gasteiger partial charge is 0.338 e. The fraction of sp³-hybridized carbons (Fsp3) is 0.167. The molecule has 0 aliphatic carbocycles. The molecule has 0 spiro atoms. The van der Waals surface area contributed by atoms with Gasteiger partial charge in [0.05, 0.1) is 22.9 Å². The second kappa shape index (κ2) is 7.64. The second-order valence-corrected chi connectivity index (χ2v) is 6.68. The average molecular weight is 449 g/mol. The lowest BCUT2D eigenvalue weighted by atomic mass is 10.2. The fourth-order valence-corrected chi connectivity index (χ4v) is 2.70. The van der Waals surface area contributed by atoms with Crippen molar-refractivity contribution in [3.05, 3.63) is 57.9 Å². The number of aromatic nitrogens is 2. The van der Waals surface area contributed by atoms with Crippen LogP contribution in [0.4, 0.5) is 5.69 Å². The van der Waals surface area contributed by atoms with Crippen LogP contribution >= 0.6 is 22.6 Å². The first kappa shape index (κ1) is 17.4. The number of benzene rings is 2. The number of hydrogen-bond donors (Lipinski definition) is 2. The van der Waals surface area contributed by atoms with Crippen molar-refractivity contribution >= 4 is 51.2 Å². The van der Waals surface area contributed by atoms with Crippen molar-refractivity contribution in [1.82, 2.24) is 9.97 Å². The number of nitrogens with zero attached hydrogens (tertiary/aromatic N) is 1. The summed E-state index contributed by atoms with van der Waals surface area (Å²) >= 11 is 2.19. The van der Waals surface area contributed by atoms with E-state index in [0.717, 1.165) is 14.6 Å². The molecule has 3 aromatic rings. The number of halogens is 1. The summed E-state index contributed by atoms with van der Waals surface area (Å²) in [5.41, 5.74) is 2.54. The van der Waals surface area contributed by atoms with Crippen LogP contribution in [0.2, 0.25) is 0 Å². The summed E-state index contributed by atoms with van der Waals surface area (Å²) < 4.78 is 6.45. The van der Waals surface area contributed by atoms with E-state index in [4.69, 9.17) is 4.74 Å². The molecule has 3 rings (SSSR count). The molecular weight excluding hydrogens is 433 g/mol. The second-order valence-electron chi connectivity index (χ2n) is 5.43. The largest absolute Gasteiger partial charge is 0.449 e. The highest BCUT2D eigenvalue weighted by Gasteiger charge is 2.22. The first-order valence-corrected chi connectivity index (χ1v) is 8.85. The Morgan fingerprint density at radius 1 is 1.24 bits per heavy atom. The zero-order chi connectivity index (χ0) is 17.8. The number of carbonyl (C=O) groups excluding carboxylic acids is 2. The Kier molecular flexibility index (Phi) is 5.32. The number of H-pyrrole nitrogens is 1. The summed E-state index contributed by atoms with van der Waals surface area (Å²) in [7, 11) is 0. The molecule has 0 aliphatic rings. The molecule has 0 fully saturated rings. The Morgan fingerprint density at radius 3 is 2.72 bits per heavy atom. The topological polar surface area (TPSA) is 84.1 Å². The Morgan fingerprint density at radius 2 is 2.00 bits per heavy atom. The van der Waals surface area contributed by atoms with E-state index >= 15 is 0 Å². The molecule has 0 saturated heterocycles. The van der Waals surface area contributed by atoms with Crippen LogP contribution in [-0.4, -0.2) is 27.9 Å². The summed E-state index contributed by atoms with van der Waals surface area (Å²) in [4.78, 5) is 31.8. The van der Waals surface area contributed by atoms with Crippen molar-refractivity contribution < 1.29 is 14.3 Å². The number of anilines is 1. The minimum atomic E-state index is -0.857. The highest BCUT2D eigenvalue weighted by atomic mass is 127. The van der Waals surface area contributed by atoms with Gasteiger partial charge in [-0.15, -0.1) is 0 Å². The predicted molar refractivity (Wildman–Crippen MR) is 103 cm³/mol. The summed E-state index contributed by atoms with van der Waals surface area (Å²) in [5, 5.41) is 2.77. The molecule has 2 aromatic carbocycles. The van der Waals surface area contributed by atoms with Gasteiger partial charge in [0.2, 0.25) is 0 Å². The van der Waals surface area contributed by atoms with E-state index in [9.17, 15) is 9.59 Å². The molecule has 6 nitrogen and oxygen atoms in total. The summed E-state index contributed by atoms with van der Waals surface area (Å²) in [6, 6.07) is 12.4. The number of nitrogens with one attached hydrogen (secondary N) is 2. The maximum Gasteiger partial charge on any atom is 0.338 e. The van der Waals surface area contributed by atoms with E-state index in [1.54, 1.807) is 43.6 Å². The van der Waals surface area contributed by atoms with Gasteiger partial charge in [-0.25, -0.2) is 9.78 Å². The lowest BCUT2D eigenvalue weighted by Gasteiger charge is -2.16. The van der Waals surface area contributed by atoms with E-state index in [1.165, 1.54) is 0 Å². The maximum absolute atomic E-state index is 12.4. The van der Waals surface area contributed by atoms with Gasteiger partial charge in [-0.05, 0) is 71.5 Å². The molecular formula is C18H16IN3O3. The SMILES string of the molecule is CCC(OC(=O)c1ccc2nc[nH]c2c1)C(=O)Nc1ccc(I)cc1. The van der Waals surface area contributed by atoms with Crippen molar-refractivity contribution in [3.63, 3.8) is 0 Å². The third-order valence-corrected chi connectivity index (χ3v) is 4.40. The van der Waals surface area contributed by atoms with Gasteiger partial charge in [-0.2, -0.15) is 0 Å². The molecule has 1 heterocycles. The Labute approximate surface area is 158 Å². The molecule has 1 atom stereocenters. The molecule has 25 heavy (non-hydrogen) atoms. The highest BCUT2D eigenvalue weighted by molar-refractivity contribution is 14.1. The van der Waals surface area contributed by atoms with Crippen molar-refractivity contribution in [2.45, 2.75) is 19.4 Å². The summed E-state index contributed by atoms with van der Waals surface area (Å²) in [5.74, 6) is -0.888. The van der Waals surface area contributed by atoms with Crippen molar-refractivity contribution in [2.75, 3.05) is 5.32 Å². The van der Waals surface area contributed by atoms with Gasteiger partial charge in [0.1, 0.15) is 0 Å². The van der Waals surface area contributed by atoms with Crippen LogP contribution in [0.3, 0.4) is 0 Å². The number of rotatable bonds is 5. The fourth-order valence-electron chi connectivity index (χ4n) is 2.34. The third-order valence-electron chi connectivity index (χ3n) is 3.68. The predicted octanol–water partition coefficient (Wildman–Crippen LogP) is 3.74. The zero-order valence-corrected chi connectivity index (χ0v) is 15.6. The molecule has 1 aromatic heterocycles. The molecule has 128 valence electrons. The first-order valence-electron chi connectivity index (χ1n) is 7.77. The zero-order valence-electron chi connectivity index (χ0n) is 13.5. The van der Waals surface area contributed by atoms with Gasteiger partial charge in [-0.1, -0.05) is 6.92 Å². The first-order chi connectivity index (χ1) is 12.1. The van der Waals surface area contributed by atoms with E-state index < -0.39 is 12.1 Å². The van der Waals surface area contributed by atoms with Crippen LogP contribution in [0.5, 0.6) is 0 Å². The van der Waals surface area contributed by atoms with Crippen LogP contribution in [0.15, 0.2) is 48.8 Å². The van der Waals surface area contributed by atoms with E-state index in [1.807, 2.05) is 12.1 Å². The molecule has 7 heteroatoms. The molecule has 0 aliphatic heterocycles. The van der Waals surface area contributed by atoms with Crippen molar-refractivity contribution in [1.29, 1.82) is 0 Å². The number of ether oxygens (including phenoxy) is 1. The molecule has 0 saturated carbocycles. The van der Waals surface area contributed by atoms with Crippen molar-refractivity contribution in [3.8, 4) is 0 Å². The van der Waals surface area contributed by atoms with E-state index in [2.05, 4.69) is 37.9 Å². The molecule has 0 radical (unpaired) electrons. The summed E-state index contributed by atoms with van der Waals surface area (Å²) in [6.45, 7) is 1.80. The van der Waals surface area contributed by atoms with Gasteiger partial charge in [0.15, 0.2) is 6.10 Å². The highest BCUT2D eigenvalue weighted by Crippen LogP contribution is 2.16. The lowest BCUT2D eigenvalue weighted by Crippen LogP contribution is -2.32. The Hall–Kier alpha value is -2.42. The van der Waals surface area contributed by atoms with Crippen LogP contribution in [0.1, 0.15) is 23.7 Å². The molecule has 0 bridgehead atoms. The minimum Gasteiger partial charge on any atom is -0.449 e. The number of hydrogen-bond acceptors (Lipinski definition) is 4. The number of amides is 1. The number of carbonyl (C=O) groups is 2. The van der Waals surface area contributed by atoms with Crippen LogP contribution < -0.4 is 5.32 Å². The number of esters is 1. The molecule has 1 amide bonds. The van der Waals surface area contributed by atoms with Crippen LogP contribution in [0, 0.1) is 3.57 Å². The Bertz CT molecular complexity index is 905. The third kappa shape index (κ3) is 4.16. The molecule has 1 unspecified atom stereocenters. The van der Waals surface area contributed by atoms with Gasteiger partial charge < -0.3 is 15.0 Å². The number of aromatic amines is 1. The summed E-state index contributed by atoms with van der Waals surface area (Å²) in [6.07, 6.45) is 1.08. The average Bonchev–Trinajstić information content (AvgIpc) is 3.09. The van der Waals surface area contributed by atoms with Crippen molar-refractivity contribution in [2.24, 2.45) is 0 Å². The standard InChI is InChI=1S/C18H16IN3O3/c1-2-16(17(23)22-13-6-4-12(19)5-7-13)25-18(24)11-3-8-14-15(9-11)21-10-20-14/h3-10,16H,2H2,1H3,(H,20,21)(H,22,23). The minimum absolute atomic E-state index is 0.348. The van der Waals surface area contributed by atoms with Gasteiger partial charge in [0, 0.05) is 9.26 Å². The number of imidazole rings is 1. The van der Waals surface area contributed by atoms with Crippen LogP contribution in [-0.2, 0) is 9.53 Å². The normalized spacial score (nSPS) is 11.9. The van der Waals surface area contributed by atoms with Crippen LogP contribution in [0.25, 0.3) is 11.0 Å². The monoisotopic (exact) mass is 449 g/mol. The van der Waals surface area contributed by atoms with E-state index in [0.29, 0.717) is 17.7 Å². The van der Waals surface area contributed by atoms with Gasteiger partial charge >= 0.3 is 5.97 Å². The number of fused-ring (bicyclic) bond motifs is 1.